The molecule has 146 valence electrons. The summed E-state index contributed by atoms with van der Waals surface area (Å²) in [4.78, 5) is 12.5. The summed E-state index contributed by atoms with van der Waals surface area (Å²) in [6.07, 6.45) is 0.365. The Hall–Kier alpha value is -1.93. The van der Waals surface area contributed by atoms with Gasteiger partial charge >= 0.3 is 13.2 Å². The summed E-state index contributed by atoms with van der Waals surface area (Å²) >= 11 is 0. The topological polar surface area (TPSA) is 77.5 Å². The zero-order valence-corrected chi connectivity index (χ0v) is 16.3. The average Bonchev–Trinajstić information content (AvgIpc) is 2.82. The SMILES string of the molecule is CC1(C)OB(c2ccc3c(c2)OCC2(CCN(C(=O)O)CC2)O3)OC1(C)C. The molecule has 2 saturated heterocycles. The molecule has 1 N–H and O–H groups in total. The number of rotatable bonds is 1. The van der Waals surface area contributed by atoms with Crippen molar-refractivity contribution in [2.24, 2.45) is 0 Å². The van der Waals surface area contributed by atoms with E-state index in [4.69, 9.17) is 23.9 Å². The van der Waals surface area contributed by atoms with Crippen LogP contribution in [0.2, 0.25) is 0 Å². The molecular weight excluding hydrogens is 349 g/mol. The third-order valence-corrected chi connectivity index (χ3v) is 6.26. The maximum atomic E-state index is 11.1. The third-order valence-electron chi connectivity index (χ3n) is 6.26. The van der Waals surface area contributed by atoms with Crippen LogP contribution in [0.25, 0.3) is 0 Å². The number of benzene rings is 1. The first-order valence-electron chi connectivity index (χ1n) is 9.40. The second kappa shape index (κ2) is 6.04. The monoisotopic (exact) mass is 375 g/mol. The highest BCUT2D eigenvalue weighted by atomic mass is 16.7. The minimum atomic E-state index is -0.881. The van der Waals surface area contributed by atoms with Gasteiger partial charge < -0.3 is 28.8 Å². The van der Waals surface area contributed by atoms with E-state index >= 15 is 0 Å². The fourth-order valence-corrected chi connectivity index (χ4v) is 3.67. The Labute approximate surface area is 159 Å². The van der Waals surface area contributed by atoms with Gasteiger partial charge in [0.25, 0.3) is 0 Å². The fraction of sp³-hybridized carbons (Fsp3) is 0.632. The molecule has 3 heterocycles. The van der Waals surface area contributed by atoms with Crippen molar-refractivity contribution in [3.05, 3.63) is 18.2 Å². The van der Waals surface area contributed by atoms with Crippen LogP contribution in [0.15, 0.2) is 18.2 Å². The largest absolute Gasteiger partial charge is 0.494 e. The zero-order chi connectivity index (χ0) is 19.4. The lowest BCUT2D eigenvalue weighted by Crippen LogP contribution is -2.54. The minimum absolute atomic E-state index is 0.396. The van der Waals surface area contributed by atoms with Crippen LogP contribution in [0.4, 0.5) is 4.79 Å². The number of likely N-dealkylation sites (tertiary alicyclic amines) is 1. The molecule has 1 spiro atoms. The van der Waals surface area contributed by atoms with E-state index in [2.05, 4.69) is 0 Å². The zero-order valence-electron chi connectivity index (χ0n) is 16.3. The van der Waals surface area contributed by atoms with Gasteiger partial charge in [0.2, 0.25) is 0 Å². The van der Waals surface area contributed by atoms with Crippen molar-refractivity contribution in [1.29, 1.82) is 0 Å². The van der Waals surface area contributed by atoms with Gasteiger partial charge in [-0.25, -0.2) is 4.79 Å². The number of nitrogens with zero attached hydrogens (tertiary/aromatic N) is 1. The van der Waals surface area contributed by atoms with E-state index in [0.29, 0.717) is 44.0 Å². The molecule has 27 heavy (non-hydrogen) atoms. The van der Waals surface area contributed by atoms with Gasteiger partial charge in [0.15, 0.2) is 11.5 Å². The molecule has 3 aliphatic heterocycles. The molecule has 3 aliphatic rings. The van der Waals surface area contributed by atoms with Crippen molar-refractivity contribution < 1.29 is 28.7 Å². The van der Waals surface area contributed by atoms with Gasteiger partial charge in [-0.3, -0.25) is 0 Å². The molecule has 1 aromatic carbocycles. The summed E-state index contributed by atoms with van der Waals surface area (Å²) in [5.41, 5.74) is -0.349. The lowest BCUT2D eigenvalue weighted by molar-refractivity contribution is -0.0483. The lowest BCUT2D eigenvalue weighted by Gasteiger charge is -2.43. The normalized spacial score (nSPS) is 24.9. The Kier molecular flexibility index (Phi) is 4.12. The van der Waals surface area contributed by atoms with Gasteiger partial charge in [0, 0.05) is 25.9 Å². The number of fused-ring (bicyclic) bond motifs is 1. The second-order valence-electron chi connectivity index (χ2n) is 8.64. The number of amides is 1. The fourth-order valence-electron chi connectivity index (χ4n) is 3.67. The summed E-state index contributed by atoms with van der Waals surface area (Å²) in [7, 11) is -0.446. The van der Waals surface area contributed by atoms with Crippen LogP contribution in [0.1, 0.15) is 40.5 Å². The van der Waals surface area contributed by atoms with Gasteiger partial charge in [-0.2, -0.15) is 0 Å². The standard InChI is InChI=1S/C19H26BNO6/c1-17(2)18(3,4)27-20(26-17)13-5-6-14-15(11-13)24-12-19(25-14)7-9-21(10-8-19)16(22)23/h5-6,11H,7-10,12H2,1-4H3,(H,22,23). The van der Waals surface area contributed by atoms with Gasteiger partial charge in [-0.15, -0.1) is 0 Å². The van der Waals surface area contributed by atoms with Crippen molar-refractivity contribution in [3.63, 3.8) is 0 Å². The van der Waals surface area contributed by atoms with Crippen molar-refractivity contribution in [2.75, 3.05) is 19.7 Å². The number of carbonyl (C=O) groups is 1. The summed E-state index contributed by atoms with van der Waals surface area (Å²) in [5, 5.41) is 9.12. The Balaban J connectivity index is 1.49. The molecule has 8 heteroatoms. The molecule has 1 amide bonds. The Morgan fingerprint density at radius 2 is 1.70 bits per heavy atom. The molecule has 0 unspecified atom stereocenters. The molecule has 0 radical (unpaired) electrons. The third kappa shape index (κ3) is 3.15. The Morgan fingerprint density at radius 1 is 1.07 bits per heavy atom. The molecule has 4 rings (SSSR count). The van der Waals surface area contributed by atoms with E-state index in [-0.39, 0.29) is 0 Å². The van der Waals surface area contributed by atoms with Gasteiger partial charge in [0.05, 0.1) is 11.2 Å². The average molecular weight is 375 g/mol. The first-order chi connectivity index (χ1) is 12.6. The molecular formula is C19H26BNO6. The van der Waals surface area contributed by atoms with Crippen molar-refractivity contribution in [2.45, 2.75) is 57.3 Å². The molecule has 0 aromatic heterocycles. The summed E-state index contributed by atoms with van der Waals surface area (Å²) in [5.74, 6) is 1.36. The summed E-state index contributed by atoms with van der Waals surface area (Å²) in [6.45, 7) is 9.44. The predicted octanol–water partition coefficient (Wildman–Crippen LogP) is 2.27. The Bertz CT molecular complexity index is 741. The van der Waals surface area contributed by atoms with E-state index in [0.717, 1.165) is 5.46 Å². The number of piperidine rings is 1. The molecule has 0 saturated carbocycles. The van der Waals surface area contributed by atoms with Crippen LogP contribution in [0.3, 0.4) is 0 Å². The van der Waals surface area contributed by atoms with E-state index in [1.165, 1.54) is 4.90 Å². The van der Waals surface area contributed by atoms with Crippen molar-refractivity contribution in [1.82, 2.24) is 4.90 Å². The minimum Gasteiger partial charge on any atom is -0.486 e. The molecule has 0 atom stereocenters. The number of hydrogen-bond donors (Lipinski definition) is 1. The Morgan fingerprint density at radius 3 is 2.30 bits per heavy atom. The van der Waals surface area contributed by atoms with Crippen LogP contribution < -0.4 is 14.9 Å². The summed E-state index contributed by atoms with van der Waals surface area (Å²) in [6, 6.07) is 5.74. The molecule has 0 aliphatic carbocycles. The van der Waals surface area contributed by atoms with Gasteiger partial charge in [-0.1, -0.05) is 6.07 Å². The van der Waals surface area contributed by atoms with Crippen molar-refractivity contribution in [3.8, 4) is 11.5 Å². The maximum Gasteiger partial charge on any atom is 0.494 e. The van der Waals surface area contributed by atoms with Crippen LogP contribution in [0.5, 0.6) is 11.5 Å². The van der Waals surface area contributed by atoms with Crippen LogP contribution in [-0.2, 0) is 9.31 Å². The second-order valence-corrected chi connectivity index (χ2v) is 8.64. The molecule has 0 bridgehead atoms. The number of carboxylic acid groups (broad SMARTS) is 1. The highest BCUT2D eigenvalue weighted by Gasteiger charge is 2.52. The molecule has 2 fully saturated rings. The highest BCUT2D eigenvalue weighted by Crippen LogP contribution is 2.40. The van der Waals surface area contributed by atoms with E-state index < -0.39 is 30.0 Å². The molecule has 7 nitrogen and oxygen atoms in total. The number of hydrogen-bond acceptors (Lipinski definition) is 5. The van der Waals surface area contributed by atoms with Crippen LogP contribution >= 0.6 is 0 Å². The predicted molar refractivity (Wildman–Crippen MR) is 99.8 cm³/mol. The van der Waals surface area contributed by atoms with Crippen LogP contribution in [-0.4, -0.2) is 59.7 Å². The first-order valence-corrected chi connectivity index (χ1v) is 9.40. The van der Waals surface area contributed by atoms with Gasteiger partial charge in [0.1, 0.15) is 12.2 Å². The van der Waals surface area contributed by atoms with Crippen LogP contribution in [0, 0.1) is 0 Å². The lowest BCUT2D eigenvalue weighted by atomic mass is 9.79. The van der Waals surface area contributed by atoms with E-state index in [9.17, 15) is 4.79 Å². The maximum absolute atomic E-state index is 11.1. The molecule has 1 aromatic rings. The first kappa shape index (κ1) is 18.4. The van der Waals surface area contributed by atoms with E-state index in [1.54, 1.807) is 0 Å². The summed E-state index contributed by atoms with van der Waals surface area (Å²) < 4.78 is 24.5. The van der Waals surface area contributed by atoms with Gasteiger partial charge in [-0.05, 0) is 45.3 Å². The quantitative estimate of drug-likeness (QED) is 0.759. The van der Waals surface area contributed by atoms with Crippen molar-refractivity contribution >= 4 is 18.7 Å². The number of ether oxygens (including phenoxy) is 2. The van der Waals surface area contributed by atoms with E-state index in [1.807, 2.05) is 45.9 Å². The smallest absolute Gasteiger partial charge is 0.486 e. The highest BCUT2D eigenvalue weighted by molar-refractivity contribution is 6.62.